The van der Waals surface area contributed by atoms with E-state index >= 15 is 0 Å². The molecule has 2 rings (SSSR count). The fourth-order valence-electron chi connectivity index (χ4n) is 2.00. The molecule has 1 amide bonds. The smallest absolute Gasteiger partial charge is 0.255 e. The van der Waals surface area contributed by atoms with Gasteiger partial charge in [-0.3, -0.25) is 4.79 Å². The van der Waals surface area contributed by atoms with Crippen LogP contribution in [-0.4, -0.2) is 5.91 Å². The van der Waals surface area contributed by atoms with Gasteiger partial charge in [0.25, 0.3) is 5.91 Å². The van der Waals surface area contributed by atoms with Crippen LogP contribution in [0.2, 0.25) is 0 Å². The quantitative estimate of drug-likeness (QED) is 0.855. The maximum atomic E-state index is 12.3. The van der Waals surface area contributed by atoms with Gasteiger partial charge in [0.05, 0.1) is 0 Å². The minimum atomic E-state index is -0.0514. The average molecular weight is 253 g/mol. The summed E-state index contributed by atoms with van der Waals surface area (Å²) in [6.45, 7) is 8.05. The molecule has 98 valence electrons. The third kappa shape index (κ3) is 3.02. The summed E-state index contributed by atoms with van der Waals surface area (Å²) in [5.74, 6) is -0.0514. The van der Waals surface area contributed by atoms with Crippen molar-refractivity contribution in [3.05, 3.63) is 64.2 Å². The van der Waals surface area contributed by atoms with E-state index in [0.29, 0.717) is 0 Å². The van der Waals surface area contributed by atoms with Gasteiger partial charge in [-0.05, 0) is 62.6 Å². The third-order valence-electron chi connectivity index (χ3n) is 3.40. The van der Waals surface area contributed by atoms with Crippen molar-refractivity contribution in [2.24, 2.45) is 0 Å². The van der Waals surface area contributed by atoms with E-state index in [-0.39, 0.29) is 5.91 Å². The van der Waals surface area contributed by atoms with Gasteiger partial charge in [0.15, 0.2) is 0 Å². The van der Waals surface area contributed by atoms with Gasteiger partial charge < -0.3 is 5.32 Å². The summed E-state index contributed by atoms with van der Waals surface area (Å²) < 4.78 is 0. The highest BCUT2D eigenvalue weighted by Gasteiger charge is 2.09. The average Bonchev–Trinajstić information content (AvgIpc) is 2.36. The Bertz CT molecular complexity index is 629. The predicted molar refractivity (Wildman–Crippen MR) is 79.8 cm³/mol. The lowest BCUT2D eigenvalue weighted by Crippen LogP contribution is -2.13. The molecular weight excluding hydrogens is 234 g/mol. The zero-order valence-corrected chi connectivity index (χ0v) is 11.9. The Balaban J connectivity index is 2.25. The molecule has 1 N–H and O–H groups in total. The number of anilines is 1. The largest absolute Gasteiger partial charge is 0.322 e. The number of benzene rings is 2. The van der Waals surface area contributed by atoms with Gasteiger partial charge in [0.1, 0.15) is 0 Å². The van der Waals surface area contributed by atoms with Crippen LogP contribution >= 0.6 is 0 Å². The highest BCUT2D eigenvalue weighted by Crippen LogP contribution is 2.17. The lowest BCUT2D eigenvalue weighted by atomic mass is 10.0. The maximum absolute atomic E-state index is 12.3. The summed E-state index contributed by atoms with van der Waals surface area (Å²) in [6, 6.07) is 11.9. The Labute approximate surface area is 114 Å². The van der Waals surface area contributed by atoms with Crippen LogP contribution in [0.4, 0.5) is 5.69 Å². The number of carbonyl (C=O) groups excluding carboxylic acids is 1. The molecule has 0 aliphatic heterocycles. The first-order chi connectivity index (χ1) is 8.97. The van der Waals surface area contributed by atoms with Gasteiger partial charge in [0, 0.05) is 11.3 Å². The molecule has 0 unspecified atom stereocenters. The number of amides is 1. The molecule has 0 aliphatic carbocycles. The van der Waals surface area contributed by atoms with E-state index in [1.165, 1.54) is 11.1 Å². The van der Waals surface area contributed by atoms with Crippen molar-refractivity contribution in [3.63, 3.8) is 0 Å². The number of aryl methyl sites for hydroxylation is 4. The first kappa shape index (κ1) is 13.3. The highest BCUT2D eigenvalue weighted by molar-refractivity contribution is 6.05. The SMILES string of the molecule is Cc1ccc(C)c(C(=O)Nc2ccc(C)c(C)c2)c1. The van der Waals surface area contributed by atoms with Gasteiger partial charge in [-0.15, -0.1) is 0 Å². The van der Waals surface area contributed by atoms with Gasteiger partial charge in [0.2, 0.25) is 0 Å². The molecule has 0 saturated heterocycles. The fraction of sp³-hybridized carbons (Fsp3) is 0.235. The highest BCUT2D eigenvalue weighted by atomic mass is 16.1. The molecule has 0 aliphatic rings. The minimum absolute atomic E-state index is 0.0514. The predicted octanol–water partition coefficient (Wildman–Crippen LogP) is 4.17. The van der Waals surface area contributed by atoms with Crippen molar-refractivity contribution in [2.45, 2.75) is 27.7 Å². The topological polar surface area (TPSA) is 29.1 Å². The Morgan fingerprint density at radius 3 is 2.21 bits per heavy atom. The van der Waals surface area contributed by atoms with E-state index < -0.39 is 0 Å². The summed E-state index contributed by atoms with van der Waals surface area (Å²) in [6.07, 6.45) is 0. The minimum Gasteiger partial charge on any atom is -0.322 e. The lowest BCUT2D eigenvalue weighted by Gasteiger charge is -2.10. The Kier molecular flexibility index (Phi) is 3.70. The molecule has 19 heavy (non-hydrogen) atoms. The van der Waals surface area contributed by atoms with E-state index in [4.69, 9.17) is 0 Å². The van der Waals surface area contributed by atoms with Crippen LogP contribution in [0.15, 0.2) is 36.4 Å². The van der Waals surface area contributed by atoms with Crippen molar-refractivity contribution in [1.29, 1.82) is 0 Å². The van der Waals surface area contributed by atoms with Crippen molar-refractivity contribution in [1.82, 2.24) is 0 Å². The Morgan fingerprint density at radius 1 is 0.842 bits per heavy atom. The van der Waals surface area contributed by atoms with Gasteiger partial charge in [-0.1, -0.05) is 23.8 Å². The second-order valence-corrected chi connectivity index (χ2v) is 5.07. The monoisotopic (exact) mass is 253 g/mol. The first-order valence-corrected chi connectivity index (χ1v) is 6.43. The maximum Gasteiger partial charge on any atom is 0.255 e. The van der Waals surface area contributed by atoms with Crippen LogP contribution in [0.5, 0.6) is 0 Å². The molecule has 0 radical (unpaired) electrons. The number of rotatable bonds is 2. The second-order valence-electron chi connectivity index (χ2n) is 5.07. The van der Waals surface area contributed by atoms with E-state index in [1.807, 2.05) is 57.2 Å². The Hall–Kier alpha value is -2.09. The number of hydrogen-bond acceptors (Lipinski definition) is 1. The number of hydrogen-bond donors (Lipinski definition) is 1. The Morgan fingerprint density at radius 2 is 1.53 bits per heavy atom. The zero-order valence-electron chi connectivity index (χ0n) is 11.9. The normalized spacial score (nSPS) is 10.3. The van der Waals surface area contributed by atoms with E-state index in [2.05, 4.69) is 12.2 Å². The van der Waals surface area contributed by atoms with Crippen molar-refractivity contribution in [3.8, 4) is 0 Å². The molecule has 0 aromatic heterocycles. The molecule has 2 nitrogen and oxygen atoms in total. The summed E-state index contributed by atoms with van der Waals surface area (Å²) in [5.41, 5.74) is 6.07. The number of nitrogens with one attached hydrogen (secondary N) is 1. The molecule has 0 bridgehead atoms. The van der Waals surface area contributed by atoms with E-state index in [9.17, 15) is 4.79 Å². The van der Waals surface area contributed by atoms with Gasteiger partial charge >= 0.3 is 0 Å². The zero-order chi connectivity index (χ0) is 14.0. The van der Waals surface area contributed by atoms with Crippen LogP contribution in [0.1, 0.15) is 32.6 Å². The summed E-state index contributed by atoms with van der Waals surface area (Å²) in [5, 5.41) is 2.96. The fourth-order valence-corrected chi connectivity index (χ4v) is 2.00. The molecule has 2 aromatic rings. The molecule has 0 saturated carbocycles. The van der Waals surface area contributed by atoms with Crippen LogP contribution in [0.3, 0.4) is 0 Å². The van der Waals surface area contributed by atoms with Crippen LogP contribution < -0.4 is 5.32 Å². The van der Waals surface area contributed by atoms with Crippen molar-refractivity contribution in [2.75, 3.05) is 5.32 Å². The summed E-state index contributed by atoms with van der Waals surface area (Å²) in [7, 11) is 0. The summed E-state index contributed by atoms with van der Waals surface area (Å²) in [4.78, 5) is 12.3. The molecule has 0 fully saturated rings. The second kappa shape index (κ2) is 5.27. The van der Waals surface area contributed by atoms with Crippen molar-refractivity contribution >= 4 is 11.6 Å². The molecule has 0 spiro atoms. The van der Waals surface area contributed by atoms with Crippen LogP contribution in [0.25, 0.3) is 0 Å². The summed E-state index contributed by atoms with van der Waals surface area (Å²) >= 11 is 0. The van der Waals surface area contributed by atoms with Crippen LogP contribution in [-0.2, 0) is 0 Å². The first-order valence-electron chi connectivity index (χ1n) is 6.43. The van der Waals surface area contributed by atoms with Gasteiger partial charge in [-0.2, -0.15) is 0 Å². The molecule has 0 heterocycles. The van der Waals surface area contributed by atoms with E-state index in [0.717, 1.165) is 22.4 Å². The standard InChI is InChI=1S/C17H19NO/c1-11-5-6-13(3)16(9-11)17(19)18-15-8-7-12(2)14(4)10-15/h5-10H,1-4H3,(H,18,19). The number of carbonyl (C=O) groups is 1. The molecule has 2 aromatic carbocycles. The van der Waals surface area contributed by atoms with Crippen LogP contribution in [0, 0.1) is 27.7 Å². The van der Waals surface area contributed by atoms with Crippen molar-refractivity contribution < 1.29 is 4.79 Å². The molecule has 2 heteroatoms. The van der Waals surface area contributed by atoms with E-state index in [1.54, 1.807) is 0 Å². The molecule has 0 atom stereocenters. The van der Waals surface area contributed by atoms with Gasteiger partial charge in [-0.25, -0.2) is 0 Å². The lowest BCUT2D eigenvalue weighted by molar-refractivity contribution is 0.102. The third-order valence-corrected chi connectivity index (χ3v) is 3.40. The molecular formula is C17H19NO.